The number of para-hydroxylation sites is 1. The second-order valence-electron chi connectivity index (χ2n) is 5.34. The van der Waals surface area contributed by atoms with Crippen LogP contribution in [0.5, 0.6) is 5.75 Å². The van der Waals surface area contributed by atoms with Crippen LogP contribution in [0.2, 0.25) is 0 Å². The topological polar surface area (TPSA) is 99.7 Å². The van der Waals surface area contributed by atoms with Gasteiger partial charge >= 0.3 is 0 Å². The van der Waals surface area contributed by atoms with Crippen LogP contribution in [0.1, 0.15) is 24.6 Å². The number of carbonyl (C=O) groups is 1. The van der Waals surface area contributed by atoms with Gasteiger partial charge in [0.2, 0.25) is 0 Å². The third kappa shape index (κ3) is 3.87. The predicted octanol–water partition coefficient (Wildman–Crippen LogP) is 2.04. The minimum atomic E-state index is -0.781. The number of hydrogen-bond donors (Lipinski definition) is 1. The zero-order valence-electron chi connectivity index (χ0n) is 13.5. The number of benzene rings is 1. The highest BCUT2D eigenvalue weighted by Gasteiger charge is 2.21. The van der Waals surface area contributed by atoms with Crippen LogP contribution in [-0.4, -0.2) is 28.5 Å². The largest absolute Gasteiger partial charge is 0.480 e. The van der Waals surface area contributed by atoms with Gasteiger partial charge in [0.05, 0.1) is 23.4 Å². The first-order valence-electron chi connectivity index (χ1n) is 7.69. The Morgan fingerprint density at radius 2 is 2.04 bits per heavy atom. The first-order valence-corrected chi connectivity index (χ1v) is 7.69. The number of hydrogen-bond acceptors (Lipinski definition) is 6. The Morgan fingerprint density at radius 1 is 1.24 bits per heavy atom. The Balaban J connectivity index is 1.57. The summed E-state index contributed by atoms with van der Waals surface area (Å²) in [5.41, 5.74) is 1.79. The molecule has 1 aliphatic rings. The maximum absolute atomic E-state index is 12.3. The molecular weight excluding hydrogens is 318 g/mol. The molecule has 7 nitrogen and oxygen atoms in total. The van der Waals surface area contributed by atoms with Gasteiger partial charge in [-0.15, -0.1) is 5.10 Å². The number of rotatable bonds is 4. The fraction of sp³-hybridized carbons (Fsp3) is 0.167. The molecule has 1 aromatic carbocycles. The molecule has 124 valence electrons. The van der Waals surface area contributed by atoms with Crippen molar-refractivity contribution >= 4 is 17.5 Å². The van der Waals surface area contributed by atoms with Crippen molar-refractivity contribution in [1.29, 1.82) is 5.26 Å². The minimum Gasteiger partial charge on any atom is -0.480 e. The van der Waals surface area contributed by atoms with Crippen molar-refractivity contribution in [1.82, 2.24) is 10.3 Å². The standard InChI is InChI=1S/C18H15N5O2/c1-12(25-16-8-3-2-6-13(16)11-19)18(24)21-17-10-15(22-23-17)14-7-4-5-9-20-14/h2-9,12H,10H2,1H3,(H,21,23,24). The Morgan fingerprint density at radius 3 is 2.80 bits per heavy atom. The second kappa shape index (κ2) is 7.36. The lowest BCUT2D eigenvalue weighted by Gasteiger charge is -2.15. The Bertz CT molecular complexity index is 884. The highest BCUT2D eigenvalue weighted by Crippen LogP contribution is 2.18. The molecule has 0 saturated heterocycles. The van der Waals surface area contributed by atoms with E-state index in [2.05, 4.69) is 20.5 Å². The van der Waals surface area contributed by atoms with Crippen molar-refractivity contribution < 1.29 is 9.53 Å². The molecule has 0 bridgehead atoms. The highest BCUT2D eigenvalue weighted by atomic mass is 16.5. The average Bonchev–Trinajstić information content (AvgIpc) is 3.11. The monoisotopic (exact) mass is 333 g/mol. The van der Waals surface area contributed by atoms with Gasteiger partial charge in [0, 0.05) is 6.20 Å². The molecular formula is C18H15N5O2. The summed E-state index contributed by atoms with van der Waals surface area (Å²) in [4.78, 5) is 16.5. The van der Waals surface area contributed by atoms with E-state index < -0.39 is 6.10 Å². The number of ether oxygens (including phenoxy) is 1. The van der Waals surface area contributed by atoms with E-state index >= 15 is 0 Å². The van der Waals surface area contributed by atoms with Crippen molar-refractivity contribution in [3.05, 3.63) is 59.9 Å². The van der Waals surface area contributed by atoms with Crippen molar-refractivity contribution in [2.75, 3.05) is 0 Å². The summed E-state index contributed by atoms with van der Waals surface area (Å²) >= 11 is 0. The van der Waals surface area contributed by atoms with Crippen molar-refractivity contribution in [3.8, 4) is 11.8 Å². The van der Waals surface area contributed by atoms with Gasteiger partial charge in [0.15, 0.2) is 6.10 Å². The molecule has 7 heteroatoms. The number of amidine groups is 1. The molecule has 0 fully saturated rings. The van der Waals surface area contributed by atoms with E-state index in [4.69, 9.17) is 10.00 Å². The normalized spacial score (nSPS) is 14.1. The van der Waals surface area contributed by atoms with Crippen LogP contribution in [0, 0.1) is 11.3 Å². The average molecular weight is 333 g/mol. The summed E-state index contributed by atoms with van der Waals surface area (Å²) < 4.78 is 5.58. The van der Waals surface area contributed by atoms with Crippen LogP contribution in [0.4, 0.5) is 0 Å². The Labute approximate surface area is 144 Å². The number of amides is 1. The van der Waals surface area contributed by atoms with E-state index in [1.165, 1.54) is 0 Å². The number of nitriles is 1. The molecule has 2 heterocycles. The maximum Gasteiger partial charge on any atom is 0.266 e. The summed E-state index contributed by atoms with van der Waals surface area (Å²) in [5, 5.41) is 19.8. The maximum atomic E-state index is 12.3. The molecule has 1 N–H and O–H groups in total. The van der Waals surface area contributed by atoms with Gasteiger partial charge in [-0.1, -0.05) is 18.2 Å². The van der Waals surface area contributed by atoms with Gasteiger partial charge in [0.25, 0.3) is 5.91 Å². The van der Waals surface area contributed by atoms with Gasteiger partial charge in [0.1, 0.15) is 17.7 Å². The molecule has 25 heavy (non-hydrogen) atoms. The van der Waals surface area contributed by atoms with Crippen LogP contribution in [-0.2, 0) is 4.79 Å². The summed E-state index contributed by atoms with van der Waals surface area (Å²) in [6, 6.07) is 14.3. The van der Waals surface area contributed by atoms with Gasteiger partial charge < -0.3 is 10.1 Å². The van der Waals surface area contributed by atoms with E-state index in [0.717, 1.165) is 5.69 Å². The van der Waals surface area contributed by atoms with E-state index in [-0.39, 0.29) is 5.91 Å². The minimum absolute atomic E-state index is 0.357. The lowest BCUT2D eigenvalue weighted by molar-refractivity contribution is -0.125. The fourth-order valence-electron chi connectivity index (χ4n) is 2.24. The Kier molecular flexibility index (Phi) is 4.81. The molecule has 0 saturated carbocycles. The smallest absolute Gasteiger partial charge is 0.266 e. The second-order valence-corrected chi connectivity index (χ2v) is 5.34. The van der Waals surface area contributed by atoms with Gasteiger partial charge in [-0.25, -0.2) is 0 Å². The summed E-state index contributed by atoms with van der Waals surface area (Å²) in [6.07, 6.45) is 1.29. The zero-order chi connectivity index (χ0) is 17.6. The number of carbonyl (C=O) groups excluding carboxylic acids is 1. The molecule has 0 aliphatic carbocycles. The lowest BCUT2D eigenvalue weighted by atomic mass is 10.2. The van der Waals surface area contributed by atoms with Crippen LogP contribution in [0.3, 0.4) is 0 Å². The fourth-order valence-corrected chi connectivity index (χ4v) is 2.24. The number of nitrogens with one attached hydrogen (secondary N) is 1. The quantitative estimate of drug-likeness (QED) is 0.925. The van der Waals surface area contributed by atoms with Crippen LogP contribution < -0.4 is 10.1 Å². The van der Waals surface area contributed by atoms with E-state index in [1.54, 1.807) is 37.4 Å². The van der Waals surface area contributed by atoms with E-state index in [9.17, 15) is 4.79 Å². The lowest BCUT2D eigenvalue weighted by Crippen LogP contribution is -2.40. The molecule has 2 aromatic rings. The summed E-state index contributed by atoms with van der Waals surface area (Å²) in [5.74, 6) is 0.449. The Hall–Kier alpha value is -3.53. The van der Waals surface area contributed by atoms with Crippen LogP contribution in [0.25, 0.3) is 0 Å². The molecule has 1 unspecified atom stereocenters. The summed E-state index contributed by atoms with van der Waals surface area (Å²) in [7, 11) is 0. The highest BCUT2D eigenvalue weighted by molar-refractivity contribution is 6.16. The zero-order valence-corrected chi connectivity index (χ0v) is 13.5. The van der Waals surface area contributed by atoms with Crippen LogP contribution >= 0.6 is 0 Å². The van der Waals surface area contributed by atoms with Crippen molar-refractivity contribution in [3.63, 3.8) is 0 Å². The third-order valence-corrected chi connectivity index (χ3v) is 3.53. The molecule has 0 radical (unpaired) electrons. The van der Waals surface area contributed by atoms with Gasteiger partial charge in [-0.05, 0) is 31.2 Å². The van der Waals surface area contributed by atoms with Crippen molar-refractivity contribution in [2.24, 2.45) is 10.2 Å². The SMILES string of the molecule is CC(Oc1ccccc1C#N)C(=O)NC1=NN=C(c2ccccn2)C1. The number of nitrogens with zero attached hydrogens (tertiary/aromatic N) is 4. The number of pyridine rings is 1. The molecule has 1 amide bonds. The third-order valence-electron chi connectivity index (χ3n) is 3.53. The van der Waals surface area contributed by atoms with Gasteiger partial charge in [-0.2, -0.15) is 10.4 Å². The molecule has 0 spiro atoms. The van der Waals surface area contributed by atoms with E-state index in [1.807, 2.05) is 24.3 Å². The molecule has 1 atom stereocenters. The van der Waals surface area contributed by atoms with Crippen molar-refractivity contribution in [2.45, 2.75) is 19.4 Å². The molecule has 3 rings (SSSR count). The first-order chi connectivity index (χ1) is 12.2. The summed E-state index contributed by atoms with van der Waals surface area (Å²) in [6.45, 7) is 1.61. The van der Waals surface area contributed by atoms with E-state index in [0.29, 0.717) is 29.3 Å². The predicted molar refractivity (Wildman–Crippen MR) is 92.2 cm³/mol. The molecule has 1 aromatic heterocycles. The van der Waals surface area contributed by atoms with Crippen LogP contribution in [0.15, 0.2) is 58.9 Å². The number of aromatic nitrogens is 1. The molecule has 1 aliphatic heterocycles. The van der Waals surface area contributed by atoms with Gasteiger partial charge in [-0.3, -0.25) is 9.78 Å². The first kappa shape index (κ1) is 16.3.